The molecule has 0 spiro atoms. The summed E-state index contributed by atoms with van der Waals surface area (Å²) in [5.41, 5.74) is 0. The third-order valence-electron chi connectivity index (χ3n) is 3.86. The monoisotopic (exact) mass is 300 g/mol. The SMILES string of the molecule is CCCCCCCCCCCCCCCC(=O)CSC. The molecule has 0 amide bonds. The number of Topliss-reactive ketones (excluding diaryl/α,β-unsaturated/α-hetero) is 1. The van der Waals surface area contributed by atoms with Gasteiger partial charge in [0.2, 0.25) is 0 Å². The van der Waals surface area contributed by atoms with Gasteiger partial charge >= 0.3 is 0 Å². The predicted octanol–water partition coefficient (Wildman–Crippen LogP) is 6.40. The van der Waals surface area contributed by atoms with Crippen LogP contribution in [-0.2, 0) is 4.79 Å². The Morgan fingerprint density at radius 3 is 1.50 bits per heavy atom. The third-order valence-corrected chi connectivity index (χ3v) is 4.48. The molecule has 0 aliphatic rings. The molecule has 0 radical (unpaired) electrons. The Balaban J connectivity index is 3.01. The van der Waals surface area contributed by atoms with Crippen LogP contribution >= 0.6 is 11.8 Å². The quantitative estimate of drug-likeness (QED) is 0.307. The summed E-state index contributed by atoms with van der Waals surface area (Å²) in [5, 5.41) is 0. The van der Waals surface area contributed by atoms with E-state index in [2.05, 4.69) is 6.92 Å². The van der Waals surface area contributed by atoms with Gasteiger partial charge in [-0.15, -0.1) is 0 Å². The van der Waals surface area contributed by atoms with Gasteiger partial charge in [0.1, 0.15) is 5.78 Å². The van der Waals surface area contributed by atoms with E-state index in [4.69, 9.17) is 0 Å². The third kappa shape index (κ3) is 16.1. The highest BCUT2D eigenvalue weighted by Crippen LogP contribution is 2.13. The first-order valence-electron chi connectivity index (χ1n) is 8.82. The largest absolute Gasteiger partial charge is 0.299 e. The molecule has 0 aromatic rings. The van der Waals surface area contributed by atoms with Crippen LogP contribution in [0, 0.1) is 0 Å². The number of ketones is 1. The topological polar surface area (TPSA) is 17.1 Å². The summed E-state index contributed by atoms with van der Waals surface area (Å²) in [6.45, 7) is 2.28. The highest BCUT2D eigenvalue weighted by Gasteiger charge is 1.99. The van der Waals surface area contributed by atoms with Crippen LogP contribution in [0.4, 0.5) is 0 Å². The van der Waals surface area contributed by atoms with E-state index in [1.165, 1.54) is 77.0 Å². The summed E-state index contributed by atoms with van der Waals surface area (Å²) in [4.78, 5) is 11.3. The van der Waals surface area contributed by atoms with Gasteiger partial charge in [-0.2, -0.15) is 11.8 Å². The van der Waals surface area contributed by atoms with Gasteiger partial charge in [-0.1, -0.05) is 84.0 Å². The van der Waals surface area contributed by atoms with Crippen LogP contribution in [0.2, 0.25) is 0 Å². The standard InChI is InChI=1S/C18H36OS/c1-3-4-5-6-7-8-9-10-11-12-13-14-15-16-18(19)17-20-2/h3-17H2,1-2H3. The number of rotatable bonds is 16. The Morgan fingerprint density at radius 2 is 1.10 bits per heavy atom. The van der Waals surface area contributed by atoms with Crippen LogP contribution in [0.1, 0.15) is 96.8 Å². The molecule has 0 aliphatic heterocycles. The molecule has 0 fully saturated rings. The van der Waals surface area contributed by atoms with Crippen LogP contribution in [0.15, 0.2) is 0 Å². The minimum Gasteiger partial charge on any atom is -0.299 e. The zero-order valence-corrected chi connectivity index (χ0v) is 14.7. The molecular weight excluding hydrogens is 264 g/mol. The normalized spacial score (nSPS) is 10.9. The van der Waals surface area contributed by atoms with Crippen molar-refractivity contribution < 1.29 is 4.79 Å². The number of thioether (sulfide) groups is 1. The molecular formula is C18H36OS. The van der Waals surface area contributed by atoms with E-state index in [1.54, 1.807) is 11.8 Å². The lowest BCUT2D eigenvalue weighted by atomic mass is 10.0. The molecule has 0 saturated heterocycles. The molecule has 0 bridgehead atoms. The van der Waals surface area contributed by atoms with Crippen LogP contribution in [0.3, 0.4) is 0 Å². The van der Waals surface area contributed by atoms with Gasteiger partial charge in [-0.25, -0.2) is 0 Å². The summed E-state index contributed by atoms with van der Waals surface area (Å²) in [5.74, 6) is 1.14. The van der Waals surface area contributed by atoms with Crippen molar-refractivity contribution in [1.29, 1.82) is 0 Å². The lowest BCUT2D eigenvalue weighted by Crippen LogP contribution is -2.00. The van der Waals surface area contributed by atoms with Gasteiger partial charge in [0, 0.05) is 6.42 Å². The van der Waals surface area contributed by atoms with Crippen molar-refractivity contribution in [2.45, 2.75) is 96.8 Å². The fourth-order valence-corrected chi connectivity index (χ4v) is 3.04. The minimum atomic E-state index is 0.431. The van der Waals surface area contributed by atoms with Crippen LogP contribution in [0.25, 0.3) is 0 Å². The minimum absolute atomic E-state index is 0.431. The van der Waals surface area contributed by atoms with Gasteiger partial charge in [-0.3, -0.25) is 4.79 Å². The highest BCUT2D eigenvalue weighted by molar-refractivity contribution is 7.99. The molecule has 0 aromatic heterocycles. The lowest BCUT2D eigenvalue weighted by molar-refractivity contribution is -0.116. The maximum atomic E-state index is 11.3. The summed E-state index contributed by atoms with van der Waals surface area (Å²) in [6, 6.07) is 0. The molecule has 0 N–H and O–H groups in total. The summed E-state index contributed by atoms with van der Waals surface area (Å²) in [6.07, 6.45) is 20.6. The van der Waals surface area contributed by atoms with E-state index in [1.807, 2.05) is 6.26 Å². The van der Waals surface area contributed by atoms with Crippen molar-refractivity contribution in [3.8, 4) is 0 Å². The Kier molecular flexibility index (Phi) is 17.1. The number of carbonyl (C=O) groups excluding carboxylic acids is 1. The Labute approximate surface area is 131 Å². The van der Waals surface area contributed by atoms with Crippen LogP contribution in [-0.4, -0.2) is 17.8 Å². The van der Waals surface area contributed by atoms with Crippen molar-refractivity contribution in [2.75, 3.05) is 12.0 Å². The number of carbonyl (C=O) groups is 1. The van der Waals surface area contributed by atoms with Gasteiger partial charge in [0.15, 0.2) is 0 Å². The maximum Gasteiger partial charge on any atom is 0.142 e. The second-order valence-corrected chi connectivity index (χ2v) is 6.83. The summed E-state index contributed by atoms with van der Waals surface area (Å²) < 4.78 is 0. The van der Waals surface area contributed by atoms with Gasteiger partial charge in [0.25, 0.3) is 0 Å². The van der Waals surface area contributed by atoms with Crippen LogP contribution < -0.4 is 0 Å². The summed E-state index contributed by atoms with van der Waals surface area (Å²) >= 11 is 1.65. The average molecular weight is 301 g/mol. The molecule has 1 nitrogen and oxygen atoms in total. The van der Waals surface area contributed by atoms with Crippen molar-refractivity contribution in [2.24, 2.45) is 0 Å². The predicted molar refractivity (Wildman–Crippen MR) is 93.7 cm³/mol. The van der Waals surface area contributed by atoms with E-state index in [9.17, 15) is 4.79 Å². The first-order valence-corrected chi connectivity index (χ1v) is 10.2. The number of unbranched alkanes of at least 4 members (excludes halogenated alkanes) is 12. The van der Waals surface area contributed by atoms with E-state index >= 15 is 0 Å². The zero-order chi connectivity index (χ0) is 14.9. The molecule has 0 heterocycles. The molecule has 0 aliphatic carbocycles. The Hall–Kier alpha value is 0.0200. The molecule has 0 aromatic carbocycles. The molecule has 120 valence electrons. The molecule has 2 heteroatoms. The van der Waals surface area contributed by atoms with Crippen LogP contribution in [0.5, 0.6) is 0 Å². The highest BCUT2D eigenvalue weighted by atomic mass is 32.2. The fraction of sp³-hybridized carbons (Fsp3) is 0.944. The van der Waals surface area contributed by atoms with Gasteiger partial charge in [0.05, 0.1) is 5.75 Å². The van der Waals surface area contributed by atoms with E-state index in [0.29, 0.717) is 11.5 Å². The fourth-order valence-electron chi connectivity index (χ4n) is 2.57. The second-order valence-electron chi connectivity index (χ2n) is 5.96. The maximum absolute atomic E-state index is 11.3. The Bertz CT molecular complexity index is 204. The van der Waals surface area contributed by atoms with E-state index < -0.39 is 0 Å². The first kappa shape index (κ1) is 20.0. The molecule has 0 saturated carbocycles. The van der Waals surface area contributed by atoms with Crippen molar-refractivity contribution in [1.82, 2.24) is 0 Å². The van der Waals surface area contributed by atoms with Gasteiger partial charge < -0.3 is 0 Å². The van der Waals surface area contributed by atoms with Gasteiger partial charge in [-0.05, 0) is 12.7 Å². The second kappa shape index (κ2) is 17.1. The zero-order valence-electron chi connectivity index (χ0n) is 13.9. The number of hydrogen-bond acceptors (Lipinski definition) is 2. The lowest BCUT2D eigenvalue weighted by Gasteiger charge is -2.03. The molecule has 20 heavy (non-hydrogen) atoms. The van der Waals surface area contributed by atoms with E-state index in [-0.39, 0.29) is 0 Å². The number of hydrogen-bond donors (Lipinski definition) is 0. The molecule has 0 atom stereocenters. The van der Waals surface area contributed by atoms with Crippen molar-refractivity contribution in [3.63, 3.8) is 0 Å². The average Bonchev–Trinajstić information content (AvgIpc) is 2.44. The first-order chi connectivity index (χ1) is 9.81. The summed E-state index contributed by atoms with van der Waals surface area (Å²) in [7, 11) is 0. The molecule has 0 unspecified atom stereocenters. The Morgan fingerprint density at radius 1 is 0.700 bits per heavy atom. The molecule has 0 rings (SSSR count). The van der Waals surface area contributed by atoms with E-state index in [0.717, 1.165) is 12.8 Å². The van der Waals surface area contributed by atoms with Crippen molar-refractivity contribution in [3.05, 3.63) is 0 Å². The van der Waals surface area contributed by atoms with Crippen molar-refractivity contribution >= 4 is 17.5 Å². The smallest absolute Gasteiger partial charge is 0.142 e.